The number of nitrogens with zero attached hydrogens (tertiary/aromatic N) is 2. The largest absolute Gasteiger partial charge is 0.307 e. The van der Waals surface area contributed by atoms with Gasteiger partial charge >= 0.3 is 0 Å². The molecule has 0 saturated carbocycles. The van der Waals surface area contributed by atoms with E-state index in [1.165, 1.54) is 6.07 Å². The zero-order valence-electron chi connectivity index (χ0n) is 12.9. The lowest BCUT2D eigenvalue weighted by Crippen LogP contribution is -2.43. The fourth-order valence-corrected chi connectivity index (χ4v) is 3.49. The Morgan fingerprint density at radius 1 is 1.29 bits per heavy atom. The molecule has 0 spiro atoms. The van der Waals surface area contributed by atoms with Crippen molar-refractivity contribution in [3.05, 3.63) is 32.3 Å². The first-order valence-electron chi connectivity index (χ1n) is 7.43. The van der Waals surface area contributed by atoms with Crippen LogP contribution in [0, 0.1) is 12.8 Å². The van der Waals surface area contributed by atoms with Crippen molar-refractivity contribution in [1.29, 1.82) is 0 Å². The van der Waals surface area contributed by atoms with Crippen molar-refractivity contribution in [3.63, 3.8) is 0 Å². The molecular formula is C15H22N4O2. The summed E-state index contributed by atoms with van der Waals surface area (Å²) in [7, 11) is 2.12. The third-order valence-corrected chi connectivity index (χ3v) is 4.81. The summed E-state index contributed by atoms with van der Waals surface area (Å²) in [5.41, 5.74) is 1.06. The summed E-state index contributed by atoms with van der Waals surface area (Å²) in [4.78, 5) is 29.1. The molecule has 1 saturated heterocycles. The van der Waals surface area contributed by atoms with Crippen LogP contribution in [0.25, 0.3) is 11.0 Å². The van der Waals surface area contributed by atoms with Crippen LogP contribution in [-0.2, 0) is 0 Å². The van der Waals surface area contributed by atoms with Crippen LogP contribution in [0.5, 0.6) is 0 Å². The predicted octanol–water partition coefficient (Wildman–Crippen LogP) is 1.23. The Morgan fingerprint density at radius 2 is 2.00 bits per heavy atom. The number of fused-ring (bicyclic) bond motifs is 1. The number of likely N-dealkylation sites (tertiary alicyclic amines) is 1. The van der Waals surface area contributed by atoms with Crippen molar-refractivity contribution >= 4 is 11.0 Å². The van der Waals surface area contributed by atoms with E-state index in [1.807, 2.05) is 4.68 Å². The minimum Gasteiger partial charge on any atom is -0.307 e. The molecule has 2 aromatic rings. The molecule has 0 aromatic carbocycles. The van der Waals surface area contributed by atoms with Gasteiger partial charge in [-0.1, -0.05) is 6.92 Å². The number of pyridine rings is 1. The maximum absolute atomic E-state index is 12.2. The molecule has 0 aliphatic carbocycles. The summed E-state index contributed by atoms with van der Waals surface area (Å²) in [5.74, 6) is 0.404. The molecule has 3 heterocycles. The Labute approximate surface area is 122 Å². The van der Waals surface area contributed by atoms with E-state index in [2.05, 4.69) is 35.9 Å². The second kappa shape index (κ2) is 4.87. The van der Waals surface area contributed by atoms with Crippen LogP contribution in [-0.4, -0.2) is 39.3 Å². The first-order valence-corrected chi connectivity index (χ1v) is 7.43. The summed E-state index contributed by atoms with van der Waals surface area (Å²) in [6.07, 6.45) is 0.952. The Hall–Kier alpha value is -1.82. The highest BCUT2D eigenvalue weighted by molar-refractivity contribution is 5.78. The van der Waals surface area contributed by atoms with Crippen molar-refractivity contribution in [2.24, 2.45) is 5.92 Å². The minimum atomic E-state index is -0.165. The highest BCUT2D eigenvalue weighted by Crippen LogP contribution is 2.31. The second-order valence-corrected chi connectivity index (χ2v) is 6.42. The highest BCUT2D eigenvalue weighted by atomic mass is 16.1. The van der Waals surface area contributed by atoms with Crippen LogP contribution < -0.4 is 11.1 Å². The fourth-order valence-electron chi connectivity index (χ4n) is 3.49. The number of aromatic amines is 2. The quantitative estimate of drug-likeness (QED) is 0.829. The van der Waals surface area contributed by atoms with E-state index in [0.717, 1.165) is 18.5 Å². The molecule has 2 N–H and O–H groups in total. The molecule has 6 heteroatoms. The maximum atomic E-state index is 12.2. The molecule has 1 fully saturated rings. The van der Waals surface area contributed by atoms with Gasteiger partial charge in [-0.3, -0.25) is 19.4 Å². The lowest BCUT2D eigenvalue weighted by Gasteiger charge is -2.40. The lowest BCUT2D eigenvalue weighted by molar-refractivity contribution is 0.103. The van der Waals surface area contributed by atoms with E-state index in [9.17, 15) is 9.59 Å². The summed E-state index contributed by atoms with van der Waals surface area (Å²) < 4.78 is 1.88. The average Bonchev–Trinajstić information content (AvgIpc) is 2.71. The number of rotatable bonds is 1. The van der Waals surface area contributed by atoms with Gasteiger partial charge in [-0.25, -0.2) is 0 Å². The lowest BCUT2D eigenvalue weighted by atomic mass is 9.90. The zero-order chi connectivity index (χ0) is 15.3. The van der Waals surface area contributed by atoms with Crippen LogP contribution in [0.3, 0.4) is 0 Å². The van der Waals surface area contributed by atoms with E-state index in [-0.39, 0.29) is 17.2 Å². The van der Waals surface area contributed by atoms with Crippen molar-refractivity contribution < 1.29 is 0 Å². The smallest absolute Gasteiger partial charge is 0.273 e. The van der Waals surface area contributed by atoms with Crippen molar-refractivity contribution in [3.8, 4) is 0 Å². The molecular weight excluding hydrogens is 268 g/mol. The van der Waals surface area contributed by atoms with Gasteiger partial charge < -0.3 is 9.88 Å². The van der Waals surface area contributed by atoms with Gasteiger partial charge in [0.05, 0.1) is 11.4 Å². The summed E-state index contributed by atoms with van der Waals surface area (Å²) in [5, 5.41) is 3.52. The normalized spacial score (nSPS) is 27.3. The molecule has 0 unspecified atom stereocenters. The molecule has 3 atom stereocenters. The van der Waals surface area contributed by atoms with Crippen LogP contribution in [0.1, 0.15) is 31.9 Å². The van der Waals surface area contributed by atoms with Crippen LogP contribution in [0.4, 0.5) is 0 Å². The van der Waals surface area contributed by atoms with Gasteiger partial charge in [-0.05, 0) is 38.8 Å². The Balaban J connectivity index is 2.17. The molecule has 6 nitrogen and oxygen atoms in total. The Morgan fingerprint density at radius 3 is 2.71 bits per heavy atom. The first-order chi connectivity index (χ1) is 9.88. The summed E-state index contributed by atoms with van der Waals surface area (Å²) in [6.45, 7) is 7.16. The number of aryl methyl sites for hydroxylation is 1. The molecule has 2 aromatic heterocycles. The molecule has 0 amide bonds. The van der Waals surface area contributed by atoms with Gasteiger partial charge in [-0.2, -0.15) is 0 Å². The van der Waals surface area contributed by atoms with Crippen molar-refractivity contribution in [2.75, 3.05) is 13.6 Å². The van der Waals surface area contributed by atoms with Crippen LogP contribution in [0.15, 0.2) is 15.7 Å². The fraction of sp³-hybridized carbons (Fsp3) is 0.600. The maximum Gasteiger partial charge on any atom is 0.273 e. The number of aromatic nitrogens is 3. The van der Waals surface area contributed by atoms with Gasteiger partial charge in [-0.15, -0.1) is 0 Å². The van der Waals surface area contributed by atoms with Gasteiger partial charge in [0.1, 0.15) is 5.65 Å². The minimum absolute atomic E-state index is 0.127. The van der Waals surface area contributed by atoms with Crippen LogP contribution >= 0.6 is 0 Å². The molecule has 0 bridgehead atoms. The van der Waals surface area contributed by atoms with E-state index in [0.29, 0.717) is 23.0 Å². The first kappa shape index (κ1) is 14.1. The molecule has 21 heavy (non-hydrogen) atoms. The monoisotopic (exact) mass is 290 g/mol. The number of hydrogen-bond acceptors (Lipinski definition) is 3. The highest BCUT2D eigenvalue weighted by Gasteiger charge is 2.31. The van der Waals surface area contributed by atoms with Gasteiger partial charge in [0.15, 0.2) is 0 Å². The molecule has 114 valence electrons. The summed E-state index contributed by atoms with van der Waals surface area (Å²) in [6, 6.07) is 2.12. The van der Waals surface area contributed by atoms with Gasteiger partial charge in [0.2, 0.25) is 5.56 Å². The van der Waals surface area contributed by atoms with Gasteiger partial charge in [0.25, 0.3) is 5.56 Å². The zero-order valence-corrected chi connectivity index (χ0v) is 12.9. The number of hydrogen-bond donors (Lipinski definition) is 2. The van der Waals surface area contributed by atoms with E-state index >= 15 is 0 Å². The second-order valence-electron chi connectivity index (χ2n) is 6.42. The van der Waals surface area contributed by atoms with E-state index < -0.39 is 0 Å². The number of nitrogens with one attached hydrogen (secondary N) is 2. The SMILES string of the molecule is Cc1cc(=O)[nH]c2c1c(=O)[nH]n2[C@H]1C[C@@H](C)N(C)C[C@H]1C. The Kier molecular flexibility index (Phi) is 3.28. The topological polar surface area (TPSA) is 73.9 Å². The Bertz CT molecular complexity index is 785. The standard InChI is InChI=1S/C15H22N4O2/c1-8-5-12(20)16-14-13(8)15(21)17-19(14)11-6-10(3)18(4)7-9(11)2/h5,9-11H,6-7H2,1-4H3,(H,16,20)(H,17,21)/t9-,10-,11+/m1/s1. The number of piperidine rings is 1. The van der Waals surface area contributed by atoms with E-state index in [4.69, 9.17) is 0 Å². The summed E-state index contributed by atoms with van der Waals surface area (Å²) >= 11 is 0. The third kappa shape index (κ3) is 2.23. The molecule has 1 aliphatic heterocycles. The van der Waals surface area contributed by atoms with Gasteiger partial charge in [0, 0.05) is 18.7 Å². The molecule has 3 rings (SSSR count). The predicted molar refractivity (Wildman–Crippen MR) is 82.8 cm³/mol. The van der Waals surface area contributed by atoms with Crippen LogP contribution in [0.2, 0.25) is 0 Å². The molecule has 0 radical (unpaired) electrons. The molecule has 1 aliphatic rings. The van der Waals surface area contributed by atoms with Crippen molar-refractivity contribution in [1.82, 2.24) is 19.7 Å². The third-order valence-electron chi connectivity index (χ3n) is 4.81. The van der Waals surface area contributed by atoms with Crippen molar-refractivity contribution in [2.45, 2.75) is 39.3 Å². The van der Waals surface area contributed by atoms with E-state index in [1.54, 1.807) is 6.92 Å². The average molecular weight is 290 g/mol. The number of H-pyrrole nitrogens is 2.